The molecule has 5 nitrogen and oxygen atoms in total. The standard InChI is InChI=1S/C26H25N3O2/c1-17-9-12-20(13-10-17)27-26(30)29-15-5-8-23(29)25-28-22-16-19(11-14-24(22)31-25)21-7-4-3-6-18(21)2/h3-4,6-7,9-14,16,23H,5,8,15H2,1-2H3,(H,27,30)/t23-/m1/s1. The minimum Gasteiger partial charge on any atom is -0.438 e. The summed E-state index contributed by atoms with van der Waals surface area (Å²) in [6.07, 6.45) is 1.78. The third-order valence-corrected chi connectivity index (χ3v) is 5.96. The van der Waals surface area contributed by atoms with Crippen LogP contribution >= 0.6 is 0 Å². The number of hydrogen-bond donors (Lipinski definition) is 1. The van der Waals surface area contributed by atoms with Crippen LogP contribution in [0.25, 0.3) is 22.2 Å². The molecule has 0 unspecified atom stereocenters. The molecule has 0 bridgehead atoms. The molecule has 156 valence electrons. The van der Waals surface area contributed by atoms with E-state index in [4.69, 9.17) is 9.40 Å². The summed E-state index contributed by atoms with van der Waals surface area (Å²) in [4.78, 5) is 19.5. The average Bonchev–Trinajstić information content (AvgIpc) is 3.42. The molecule has 5 heteroatoms. The van der Waals surface area contributed by atoms with Gasteiger partial charge < -0.3 is 14.6 Å². The van der Waals surface area contributed by atoms with Gasteiger partial charge in [0.25, 0.3) is 0 Å². The number of hydrogen-bond acceptors (Lipinski definition) is 3. The highest BCUT2D eigenvalue weighted by atomic mass is 16.4. The van der Waals surface area contributed by atoms with Gasteiger partial charge in [0, 0.05) is 12.2 Å². The summed E-state index contributed by atoms with van der Waals surface area (Å²) in [6, 6.07) is 22.0. The van der Waals surface area contributed by atoms with Crippen molar-refractivity contribution in [3.8, 4) is 11.1 Å². The van der Waals surface area contributed by atoms with E-state index >= 15 is 0 Å². The van der Waals surface area contributed by atoms with Gasteiger partial charge in [-0.2, -0.15) is 0 Å². The van der Waals surface area contributed by atoms with Crippen molar-refractivity contribution < 1.29 is 9.21 Å². The van der Waals surface area contributed by atoms with Gasteiger partial charge in [0.1, 0.15) is 11.6 Å². The van der Waals surface area contributed by atoms with Crippen LogP contribution < -0.4 is 5.32 Å². The van der Waals surface area contributed by atoms with Gasteiger partial charge in [-0.3, -0.25) is 0 Å². The third-order valence-electron chi connectivity index (χ3n) is 5.96. The number of benzene rings is 3. The summed E-state index contributed by atoms with van der Waals surface area (Å²) in [5.74, 6) is 0.605. The monoisotopic (exact) mass is 411 g/mol. The Bertz CT molecular complexity index is 1240. The summed E-state index contributed by atoms with van der Waals surface area (Å²) in [5.41, 5.74) is 7.05. The molecule has 3 aromatic carbocycles. The van der Waals surface area contributed by atoms with Crippen molar-refractivity contribution in [2.24, 2.45) is 0 Å². The van der Waals surface area contributed by atoms with Crippen molar-refractivity contribution in [2.45, 2.75) is 32.7 Å². The maximum atomic E-state index is 12.9. The van der Waals surface area contributed by atoms with Crippen LogP contribution in [0.2, 0.25) is 0 Å². The van der Waals surface area contributed by atoms with Gasteiger partial charge in [-0.25, -0.2) is 9.78 Å². The molecule has 4 aromatic rings. The Kier molecular flexibility index (Phi) is 4.94. The van der Waals surface area contributed by atoms with Crippen molar-refractivity contribution in [3.63, 3.8) is 0 Å². The zero-order chi connectivity index (χ0) is 21.4. The lowest BCUT2D eigenvalue weighted by atomic mass is 10.0. The lowest BCUT2D eigenvalue weighted by molar-refractivity contribution is 0.199. The molecule has 1 aromatic heterocycles. The summed E-state index contributed by atoms with van der Waals surface area (Å²) in [6.45, 7) is 4.83. The Morgan fingerprint density at radius 3 is 2.68 bits per heavy atom. The average molecular weight is 412 g/mol. The fourth-order valence-corrected chi connectivity index (χ4v) is 4.25. The summed E-state index contributed by atoms with van der Waals surface area (Å²) in [5, 5.41) is 3.00. The molecule has 1 atom stereocenters. The van der Waals surface area contributed by atoms with Gasteiger partial charge in [-0.15, -0.1) is 0 Å². The molecule has 2 heterocycles. The molecule has 1 saturated heterocycles. The first-order valence-electron chi connectivity index (χ1n) is 10.7. The molecule has 1 aliphatic rings. The Hall–Kier alpha value is -3.60. The molecule has 2 amide bonds. The molecular formula is C26H25N3O2. The summed E-state index contributed by atoms with van der Waals surface area (Å²) < 4.78 is 6.09. The van der Waals surface area contributed by atoms with Crippen molar-refractivity contribution >= 4 is 22.8 Å². The van der Waals surface area contributed by atoms with Crippen LogP contribution in [0.5, 0.6) is 0 Å². The second-order valence-corrected chi connectivity index (χ2v) is 8.20. The number of carbonyl (C=O) groups is 1. The number of anilines is 1. The van der Waals surface area contributed by atoms with Crippen LogP contribution in [0, 0.1) is 13.8 Å². The molecule has 5 rings (SSSR count). The van der Waals surface area contributed by atoms with Gasteiger partial charge in [-0.1, -0.05) is 48.0 Å². The van der Waals surface area contributed by atoms with Crippen molar-refractivity contribution in [2.75, 3.05) is 11.9 Å². The number of urea groups is 1. The van der Waals surface area contributed by atoms with E-state index in [1.807, 2.05) is 54.3 Å². The zero-order valence-corrected chi connectivity index (χ0v) is 17.8. The van der Waals surface area contributed by atoms with Crippen molar-refractivity contribution in [1.82, 2.24) is 9.88 Å². The predicted octanol–water partition coefficient (Wildman–Crippen LogP) is 6.48. The zero-order valence-electron chi connectivity index (χ0n) is 17.8. The second-order valence-electron chi connectivity index (χ2n) is 8.20. The molecule has 0 radical (unpaired) electrons. The number of nitrogens with one attached hydrogen (secondary N) is 1. The topological polar surface area (TPSA) is 58.4 Å². The number of aromatic nitrogens is 1. The lowest BCUT2D eigenvalue weighted by Crippen LogP contribution is -2.34. The van der Waals surface area contributed by atoms with Gasteiger partial charge in [0.2, 0.25) is 5.89 Å². The number of rotatable bonds is 3. The van der Waals surface area contributed by atoms with E-state index in [9.17, 15) is 4.79 Å². The predicted molar refractivity (Wildman–Crippen MR) is 123 cm³/mol. The summed E-state index contributed by atoms with van der Waals surface area (Å²) in [7, 11) is 0. The molecule has 31 heavy (non-hydrogen) atoms. The van der Waals surface area contributed by atoms with Gasteiger partial charge in [-0.05, 0) is 67.6 Å². The maximum Gasteiger partial charge on any atom is 0.322 e. The first-order valence-corrected chi connectivity index (χ1v) is 10.7. The molecule has 1 aliphatic heterocycles. The Labute approximate surface area is 181 Å². The molecule has 0 saturated carbocycles. The van der Waals surface area contributed by atoms with Gasteiger partial charge in [0.15, 0.2) is 5.58 Å². The van der Waals surface area contributed by atoms with Crippen LogP contribution in [0.4, 0.5) is 10.5 Å². The van der Waals surface area contributed by atoms with Crippen LogP contribution in [0.3, 0.4) is 0 Å². The molecule has 1 N–H and O–H groups in total. The van der Waals surface area contributed by atoms with E-state index in [0.29, 0.717) is 12.4 Å². The largest absolute Gasteiger partial charge is 0.438 e. The molecule has 1 fully saturated rings. The number of aryl methyl sites for hydroxylation is 2. The molecule has 0 aliphatic carbocycles. The SMILES string of the molecule is Cc1ccc(NC(=O)N2CCC[C@@H]2c2nc3cc(-c4ccccc4C)ccc3o2)cc1. The highest BCUT2D eigenvalue weighted by molar-refractivity contribution is 5.90. The number of likely N-dealkylation sites (tertiary alicyclic amines) is 1. The Balaban J connectivity index is 1.40. The number of nitrogens with zero attached hydrogens (tertiary/aromatic N) is 2. The number of oxazole rings is 1. The normalized spacial score (nSPS) is 16.1. The first-order chi connectivity index (χ1) is 15.1. The smallest absolute Gasteiger partial charge is 0.322 e. The first kappa shape index (κ1) is 19.4. The fraction of sp³-hybridized carbons (Fsp3) is 0.231. The van der Waals surface area contributed by atoms with E-state index < -0.39 is 0 Å². The molecular weight excluding hydrogens is 386 g/mol. The van der Waals surface area contributed by atoms with Crippen molar-refractivity contribution in [1.29, 1.82) is 0 Å². The minimum atomic E-state index is -0.153. The van der Waals surface area contributed by atoms with E-state index in [1.165, 1.54) is 11.1 Å². The Morgan fingerprint density at radius 2 is 1.87 bits per heavy atom. The minimum absolute atomic E-state index is 0.116. The highest BCUT2D eigenvalue weighted by Gasteiger charge is 2.33. The second kappa shape index (κ2) is 7.91. The fourth-order valence-electron chi connectivity index (χ4n) is 4.25. The van der Waals surface area contributed by atoms with E-state index in [1.54, 1.807) is 0 Å². The lowest BCUT2D eigenvalue weighted by Gasteiger charge is -2.22. The van der Waals surface area contributed by atoms with Crippen LogP contribution in [-0.4, -0.2) is 22.5 Å². The van der Waals surface area contributed by atoms with Crippen LogP contribution in [0.1, 0.15) is 35.9 Å². The van der Waals surface area contributed by atoms with Crippen LogP contribution in [0.15, 0.2) is 71.1 Å². The highest BCUT2D eigenvalue weighted by Crippen LogP contribution is 2.35. The van der Waals surface area contributed by atoms with E-state index in [0.717, 1.165) is 40.8 Å². The Morgan fingerprint density at radius 1 is 1.06 bits per heavy atom. The number of carbonyl (C=O) groups excluding carboxylic acids is 1. The van der Waals surface area contributed by atoms with Gasteiger partial charge >= 0.3 is 6.03 Å². The molecule has 0 spiro atoms. The summed E-state index contributed by atoms with van der Waals surface area (Å²) >= 11 is 0. The number of fused-ring (bicyclic) bond motifs is 1. The third kappa shape index (κ3) is 3.79. The van der Waals surface area contributed by atoms with E-state index in [-0.39, 0.29) is 12.1 Å². The van der Waals surface area contributed by atoms with Crippen molar-refractivity contribution in [3.05, 3.63) is 83.7 Å². The van der Waals surface area contributed by atoms with Crippen LogP contribution in [-0.2, 0) is 0 Å². The quantitative estimate of drug-likeness (QED) is 0.420. The van der Waals surface area contributed by atoms with Gasteiger partial charge in [0.05, 0.1) is 0 Å². The van der Waals surface area contributed by atoms with E-state index in [2.05, 4.69) is 36.5 Å². The maximum absolute atomic E-state index is 12.9. The number of amides is 2.